The summed E-state index contributed by atoms with van der Waals surface area (Å²) in [5, 5.41) is 0. The summed E-state index contributed by atoms with van der Waals surface area (Å²) >= 11 is 5.59. The van der Waals surface area contributed by atoms with Crippen molar-refractivity contribution in [2.24, 2.45) is 0 Å². The Morgan fingerprint density at radius 3 is 2.56 bits per heavy atom. The van der Waals surface area contributed by atoms with E-state index >= 15 is 0 Å². The maximum Gasteiger partial charge on any atom is 0.341 e. The van der Waals surface area contributed by atoms with E-state index in [0.717, 1.165) is 49.3 Å². The summed E-state index contributed by atoms with van der Waals surface area (Å²) in [6.07, 6.45) is 4.47. The number of unbranched alkanes of at least 4 members (excludes halogenated alkanes) is 2. The fourth-order valence-corrected chi connectivity index (χ4v) is 3.13. The molecule has 6 heteroatoms. The minimum Gasteiger partial charge on any atom is -0.493 e. The summed E-state index contributed by atoms with van der Waals surface area (Å²) in [4.78, 5) is 15.6. The maximum absolute atomic E-state index is 12.6. The van der Waals surface area contributed by atoms with E-state index < -0.39 is 0 Å². The molecule has 27 heavy (non-hydrogen) atoms. The van der Waals surface area contributed by atoms with Crippen LogP contribution in [0.3, 0.4) is 0 Å². The highest BCUT2D eigenvalue weighted by Crippen LogP contribution is 2.23. The molecule has 1 fully saturated rings. The van der Waals surface area contributed by atoms with Crippen molar-refractivity contribution in [3.8, 4) is 5.75 Å². The van der Waals surface area contributed by atoms with E-state index in [1.165, 1.54) is 0 Å². The molecule has 0 unspecified atom stereocenters. The fourth-order valence-electron chi connectivity index (χ4n) is 2.79. The van der Waals surface area contributed by atoms with Gasteiger partial charge in [0.2, 0.25) is 0 Å². The molecule has 0 spiro atoms. The molecule has 0 N–H and O–H groups in total. The van der Waals surface area contributed by atoms with Gasteiger partial charge in [0.05, 0.1) is 31.4 Å². The second kappa shape index (κ2) is 11.9. The summed E-state index contributed by atoms with van der Waals surface area (Å²) < 4.78 is 16.6. The van der Waals surface area contributed by atoms with Crippen LogP contribution < -0.4 is 4.74 Å². The van der Waals surface area contributed by atoms with Crippen LogP contribution in [0.4, 0.5) is 0 Å². The topological polar surface area (TPSA) is 48.0 Å². The minimum absolute atomic E-state index is 0.325. The quantitative estimate of drug-likeness (QED) is 0.340. The number of ether oxygens (including phenoxy) is 3. The van der Waals surface area contributed by atoms with Gasteiger partial charge in [0.25, 0.3) is 0 Å². The van der Waals surface area contributed by atoms with Crippen LogP contribution in [0.2, 0.25) is 0 Å². The Labute approximate surface area is 168 Å². The molecular weight excluding hydrogens is 362 g/mol. The average Bonchev–Trinajstić information content (AvgIpc) is 2.69. The van der Waals surface area contributed by atoms with Crippen molar-refractivity contribution in [1.29, 1.82) is 0 Å². The highest BCUT2D eigenvalue weighted by atomic mass is 32.1. The van der Waals surface area contributed by atoms with Crippen molar-refractivity contribution >= 4 is 23.2 Å². The molecule has 1 saturated heterocycles. The minimum atomic E-state index is -0.325. The van der Waals surface area contributed by atoms with Crippen molar-refractivity contribution in [1.82, 2.24) is 4.90 Å². The molecule has 150 valence electrons. The molecule has 0 amide bonds. The first-order chi connectivity index (χ1) is 13.2. The summed E-state index contributed by atoms with van der Waals surface area (Å²) in [6, 6.07) is 5.71. The summed E-state index contributed by atoms with van der Waals surface area (Å²) in [5.74, 6) is 0.264. The standard InChI is InChI=1S/C21H31NO4S/c1-3-5-11-25-19-8-7-17(15-18(19)21(23)26-12-6-4-2)16-20(27)22-9-13-24-14-10-22/h7-8,15H,3-6,9-14,16H2,1-2H3. The number of morpholine rings is 1. The van der Waals surface area contributed by atoms with Crippen LogP contribution in [0.25, 0.3) is 0 Å². The number of thiocarbonyl (C=S) groups is 1. The predicted octanol–water partition coefficient (Wildman–Crippen LogP) is 4.02. The van der Waals surface area contributed by atoms with Gasteiger partial charge < -0.3 is 19.1 Å². The van der Waals surface area contributed by atoms with Crippen LogP contribution in [-0.4, -0.2) is 55.4 Å². The number of hydrogen-bond acceptors (Lipinski definition) is 5. The number of hydrogen-bond donors (Lipinski definition) is 0. The number of benzene rings is 1. The number of rotatable bonds is 10. The molecule has 0 saturated carbocycles. The van der Waals surface area contributed by atoms with Gasteiger partial charge in [-0.15, -0.1) is 0 Å². The molecule has 2 rings (SSSR count). The number of carbonyl (C=O) groups is 1. The Morgan fingerprint density at radius 2 is 1.85 bits per heavy atom. The number of nitrogens with zero attached hydrogens (tertiary/aromatic N) is 1. The normalized spacial score (nSPS) is 14.1. The van der Waals surface area contributed by atoms with Crippen LogP contribution >= 0.6 is 12.2 Å². The smallest absolute Gasteiger partial charge is 0.341 e. The van der Waals surface area contributed by atoms with Gasteiger partial charge in [0.1, 0.15) is 11.3 Å². The zero-order chi connectivity index (χ0) is 19.5. The van der Waals surface area contributed by atoms with E-state index in [1.807, 2.05) is 18.2 Å². The van der Waals surface area contributed by atoms with E-state index in [2.05, 4.69) is 18.7 Å². The van der Waals surface area contributed by atoms with Gasteiger partial charge >= 0.3 is 5.97 Å². The van der Waals surface area contributed by atoms with Crippen molar-refractivity contribution in [3.05, 3.63) is 29.3 Å². The van der Waals surface area contributed by atoms with E-state index in [9.17, 15) is 4.79 Å². The van der Waals surface area contributed by atoms with Gasteiger partial charge in [-0.25, -0.2) is 4.79 Å². The summed E-state index contributed by atoms with van der Waals surface area (Å²) in [6.45, 7) is 8.27. The largest absolute Gasteiger partial charge is 0.493 e. The molecule has 0 aliphatic carbocycles. The first kappa shape index (κ1) is 21.6. The molecular formula is C21H31NO4S. The van der Waals surface area contributed by atoms with Crippen LogP contribution in [-0.2, 0) is 15.9 Å². The first-order valence-corrected chi connectivity index (χ1v) is 10.3. The van der Waals surface area contributed by atoms with Crippen molar-refractivity contribution in [2.45, 2.75) is 46.0 Å². The van der Waals surface area contributed by atoms with Crippen LogP contribution in [0.5, 0.6) is 5.75 Å². The third-order valence-electron chi connectivity index (χ3n) is 4.47. The highest BCUT2D eigenvalue weighted by Gasteiger charge is 2.18. The Hall–Kier alpha value is -1.66. The lowest BCUT2D eigenvalue weighted by Gasteiger charge is -2.29. The van der Waals surface area contributed by atoms with Gasteiger partial charge in [-0.05, 0) is 30.5 Å². The monoisotopic (exact) mass is 393 g/mol. The lowest BCUT2D eigenvalue weighted by atomic mass is 10.1. The summed E-state index contributed by atoms with van der Waals surface area (Å²) in [5.41, 5.74) is 1.49. The van der Waals surface area contributed by atoms with Crippen molar-refractivity contribution in [2.75, 3.05) is 39.5 Å². The lowest BCUT2D eigenvalue weighted by molar-refractivity contribution is 0.0495. The third-order valence-corrected chi connectivity index (χ3v) is 4.87. The molecule has 1 aliphatic rings. The molecule has 1 aromatic carbocycles. The molecule has 1 aliphatic heterocycles. The van der Waals surface area contributed by atoms with Crippen LogP contribution in [0, 0.1) is 0 Å². The van der Waals surface area contributed by atoms with E-state index in [0.29, 0.717) is 44.2 Å². The number of esters is 1. The molecule has 1 heterocycles. The zero-order valence-corrected chi connectivity index (χ0v) is 17.3. The molecule has 0 bridgehead atoms. The van der Waals surface area contributed by atoms with Gasteiger partial charge in [-0.3, -0.25) is 0 Å². The predicted molar refractivity (Wildman–Crippen MR) is 111 cm³/mol. The van der Waals surface area contributed by atoms with Gasteiger partial charge in [-0.1, -0.05) is 45.0 Å². The van der Waals surface area contributed by atoms with Crippen molar-refractivity contribution < 1.29 is 19.0 Å². The molecule has 0 radical (unpaired) electrons. The Kier molecular flexibility index (Phi) is 9.56. The fraction of sp³-hybridized carbons (Fsp3) is 0.619. The van der Waals surface area contributed by atoms with Gasteiger partial charge in [-0.2, -0.15) is 0 Å². The lowest BCUT2D eigenvalue weighted by Crippen LogP contribution is -2.40. The van der Waals surface area contributed by atoms with E-state index in [-0.39, 0.29) is 5.97 Å². The zero-order valence-electron chi connectivity index (χ0n) is 16.5. The van der Waals surface area contributed by atoms with Crippen molar-refractivity contribution in [3.63, 3.8) is 0 Å². The van der Waals surface area contributed by atoms with Gasteiger partial charge in [0, 0.05) is 19.5 Å². The van der Waals surface area contributed by atoms with Gasteiger partial charge in [0.15, 0.2) is 0 Å². The molecule has 0 atom stereocenters. The molecule has 0 aromatic heterocycles. The first-order valence-electron chi connectivity index (χ1n) is 9.94. The Balaban J connectivity index is 2.09. The highest BCUT2D eigenvalue weighted by molar-refractivity contribution is 7.80. The summed E-state index contributed by atoms with van der Waals surface area (Å²) in [7, 11) is 0. The maximum atomic E-state index is 12.6. The molecule has 5 nitrogen and oxygen atoms in total. The SMILES string of the molecule is CCCCOC(=O)c1cc(CC(=S)N2CCOCC2)ccc1OCCCC. The van der Waals surface area contributed by atoms with E-state index in [1.54, 1.807) is 0 Å². The van der Waals surface area contributed by atoms with Crippen LogP contribution in [0.15, 0.2) is 18.2 Å². The Bertz CT molecular complexity index is 614. The number of carbonyl (C=O) groups excluding carboxylic acids is 1. The Morgan fingerprint density at radius 1 is 1.15 bits per heavy atom. The van der Waals surface area contributed by atoms with Crippen LogP contribution in [0.1, 0.15) is 55.5 Å². The average molecular weight is 394 g/mol. The molecule has 1 aromatic rings. The second-order valence-electron chi connectivity index (χ2n) is 6.69. The second-order valence-corrected chi connectivity index (χ2v) is 7.16. The van der Waals surface area contributed by atoms with E-state index in [4.69, 9.17) is 26.4 Å². The third kappa shape index (κ3) is 7.11.